The van der Waals surface area contributed by atoms with Gasteiger partial charge in [-0.25, -0.2) is 0 Å². The van der Waals surface area contributed by atoms with Crippen molar-refractivity contribution in [1.82, 2.24) is 19.6 Å². The topological polar surface area (TPSA) is 168 Å². The Kier molecular flexibility index (Phi) is 7.24. The Balaban J connectivity index is 0.000000162. The summed E-state index contributed by atoms with van der Waals surface area (Å²) in [5.74, 6) is -6.96. The van der Waals surface area contributed by atoms with Gasteiger partial charge < -0.3 is 9.47 Å². The largest absolute Gasteiger partial charge is 0.354 e. The highest BCUT2D eigenvalue weighted by Crippen LogP contribution is 2.45. The average molecular weight is 609 g/mol. The first kappa shape index (κ1) is 29.8. The molecule has 44 heavy (non-hydrogen) atoms. The Morgan fingerprint density at radius 2 is 1.00 bits per heavy atom. The molecule has 0 spiro atoms. The second-order valence-electron chi connectivity index (χ2n) is 11.8. The molecule has 6 aliphatic rings. The number of nitrogens with zero attached hydrogens (tertiary/aromatic N) is 4. The highest BCUT2D eigenvalue weighted by atomic mass is 16.5. The van der Waals surface area contributed by atoms with Gasteiger partial charge in [0.05, 0.1) is 30.2 Å². The molecule has 6 aliphatic heterocycles. The number of likely N-dealkylation sites (N-methyl/N-ethyl adjacent to an activating group) is 2. The predicted molar refractivity (Wildman–Crippen MR) is 145 cm³/mol. The Hall–Kier alpha value is -4.30. The van der Waals surface area contributed by atoms with E-state index in [0.717, 1.165) is 37.1 Å². The van der Waals surface area contributed by atoms with Crippen molar-refractivity contribution in [3.05, 3.63) is 35.4 Å². The number of rotatable bonds is 5. The van der Waals surface area contributed by atoms with Gasteiger partial charge in [0.25, 0.3) is 23.6 Å². The molecule has 0 N–H and O–H groups in total. The van der Waals surface area contributed by atoms with Gasteiger partial charge in [0.2, 0.25) is 23.6 Å². The number of imide groups is 4. The van der Waals surface area contributed by atoms with Crippen LogP contribution in [-0.2, 0) is 60.8 Å². The van der Waals surface area contributed by atoms with Gasteiger partial charge in [0.1, 0.15) is 0 Å². The maximum Gasteiger partial charge on any atom is 0.259 e. The number of carbonyl (C=O) groups is 8. The maximum absolute atomic E-state index is 12.8. The van der Waals surface area contributed by atoms with Crippen molar-refractivity contribution in [2.75, 3.05) is 20.6 Å². The Morgan fingerprint density at radius 1 is 0.568 bits per heavy atom. The van der Waals surface area contributed by atoms with Crippen LogP contribution in [0.3, 0.4) is 0 Å². The minimum absolute atomic E-state index is 0.150. The standard InChI is InChI=1S/C18H18N2O5.C12H14N2O5/c1-3-9-5-4-6-10(7-9)8-20-16(22)12-11-13(25-14(12)18(20)24)17(23)19(2)15(11)21;1-3-4-14-10(16)6-5-7(19-8(6)12(14)18)11(17)13(2)9(5)15/h4-7,11-14H,3,8H2,1-2H3;5-8H,3-4H2,1-2H3. The number of carbonyl (C=O) groups excluding carboxylic acids is 8. The maximum atomic E-state index is 12.8. The normalized spacial score (nSPS) is 33.8. The minimum Gasteiger partial charge on any atom is -0.354 e. The zero-order valence-electron chi connectivity index (χ0n) is 24.6. The molecule has 8 unspecified atom stereocenters. The number of ether oxygens (including phenoxy) is 2. The molecule has 0 aliphatic carbocycles. The van der Waals surface area contributed by atoms with Crippen LogP contribution in [-0.4, -0.2) is 112 Å². The van der Waals surface area contributed by atoms with E-state index in [-0.39, 0.29) is 12.5 Å². The molecule has 0 bridgehead atoms. The van der Waals surface area contributed by atoms with Crippen molar-refractivity contribution in [3.8, 4) is 0 Å². The number of benzene rings is 1. The van der Waals surface area contributed by atoms with Crippen LogP contribution in [0.1, 0.15) is 31.4 Å². The lowest BCUT2D eigenvalue weighted by atomic mass is 9.89. The molecule has 1 aromatic rings. The fraction of sp³-hybridized carbons (Fsp3) is 0.533. The summed E-state index contributed by atoms with van der Waals surface area (Å²) in [5, 5.41) is 0. The van der Waals surface area contributed by atoms with Gasteiger partial charge in [-0.1, -0.05) is 38.1 Å². The third-order valence-electron chi connectivity index (χ3n) is 9.35. The number of likely N-dealkylation sites (tertiary alicyclic amines) is 4. The number of amides is 8. The van der Waals surface area contributed by atoms with E-state index in [9.17, 15) is 38.4 Å². The van der Waals surface area contributed by atoms with E-state index in [1.807, 2.05) is 38.1 Å². The quantitative estimate of drug-likeness (QED) is 0.374. The van der Waals surface area contributed by atoms with Gasteiger partial charge >= 0.3 is 0 Å². The highest BCUT2D eigenvalue weighted by Gasteiger charge is 2.68. The zero-order chi connectivity index (χ0) is 31.8. The zero-order valence-corrected chi connectivity index (χ0v) is 24.6. The molecule has 14 heteroatoms. The first-order valence-electron chi connectivity index (χ1n) is 14.6. The Morgan fingerprint density at radius 3 is 1.50 bits per heavy atom. The Bertz CT molecular complexity index is 1520. The summed E-state index contributed by atoms with van der Waals surface area (Å²) in [4.78, 5) is 102. The van der Waals surface area contributed by atoms with Crippen LogP contribution in [0.5, 0.6) is 0 Å². The fourth-order valence-electron chi connectivity index (χ4n) is 7.05. The molecule has 0 radical (unpaired) electrons. The molecule has 14 nitrogen and oxygen atoms in total. The van der Waals surface area contributed by atoms with Gasteiger partial charge in [-0.15, -0.1) is 0 Å². The van der Waals surface area contributed by atoms with E-state index in [1.54, 1.807) is 0 Å². The summed E-state index contributed by atoms with van der Waals surface area (Å²) in [6.45, 7) is 4.36. The van der Waals surface area contributed by atoms with Crippen molar-refractivity contribution < 1.29 is 47.8 Å². The summed E-state index contributed by atoms with van der Waals surface area (Å²) >= 11 is 0. The van der Waals surface area contributed by atoms with E-state index >= 15 is 0 Å². The lowest BCUT2D eigenvalue weighted by Crippen LogP contribution is -2.37. The number of fused-ring (bicyclic) bond motifs is 6. The summed E-state index contributed by atoms with van der Waals surface area (Å²) in [5.41, 5.74) is 1.97. The molecule has 232 valence electrons. The molecule has 6 heterocycles. The molecule has 8 atom stereocenters. The van der Waals surface area contributed by atoms with Crippen molar-refractivity contribution >= 4 is 47.3 Å². The van der Waals surface area contributed by atoms with Crippen LogP contribution in [0.25, 0.3) is 0 Å². The molecule has 7 rings (SSSR count). The van der Waals surface area contributed by atoms with Crippen LogP contribution in [0.15, 0.2) is 24.3 Å². The van der Waals surface area contributed by atoms with Crippen molar-refractivity contribution in [1.29, 1.82) is 0 Å². The van der Waals surface area contributed by atoms with Crippen molar-refractivity contribution in [2.24, 2.45) is 23.7 Å². The summed E-state index contributed by atoms with van der Waals surface area (Å²) in [7, 11) is 2.74. The number of hydrogen-bond acceptors (Lipinski definition) is 10. The van der Waals surface area contributed by atoms with Crippen LogP contribution >= 0.6 is 0 Å². The third-order valence-corrected chi connectivity index (χ3v) is 9.35. The van der Waals surface area contributed by atoms with Gasteiger partial charge in [0, 0.05) is 20.6 Å². The predicted octanol–water partition coefficient (Wildman–Crippen LogP) is -1.12. The van der Waals surface area contributed by atoms with Crippen molar-refractivity contribution in [2.45, 2.75) is 57.6 Å². The summed E-state index contributed by atoms with van der Waals surface area (Å²) < 4.78 is 10.9. The lowest BCUT2D eigenvalue weighted by Gasteiger charge is -2.18. The number of hydrogen-bond donors (Lipinski definition) is 0. The van der Waals surface area contributed by atoms with E-state index in [4.69, 9.17) is 9.47 Å². The van der Waals surface area contributed by atoms with Gasteiger partial charge in [-0.2, -0.15) is 0 Å². The second kappa shape index (κ2) is 10.7. The highest BCUT2D eigenvalue weighted by molar-refractivity contribution is 6.15. The van der Waals surface area contributed by atoms with Gasteiger partial charge in [0.15, 0.2) is 24.4 Å². The first-order chi connectivity index (χ1) is 20.9. The lowest BCUT2D eigenvalue weighted by molar-refractivity contribution is -0.149. The minimum atomic E-state index is -1.03. The molecule has 0 aromatic heterocycles. The summed E-state index contributed by atoms with van der Waals surface area (Å²) in [6, 6.07) is 7.69. The van der Waals surface area contributed by atoms with E-state index in [0.29, 0.717) is 13.0 Å². The Labute approximate surface area is 252 Å². The van der Waals surface area contributed by atoms with Crippen LogP contribution in [0.2, 0.25) is 0 Å². The monoisotopic (exact) mass is 608 g/mol. The summed E-state index contributed by atoms with van der Waals surface area (Å²) in [6.07, 6.45) is -2.46. The van der Waals surface area contributed by atoms with E-state index < -0.39 is 89.4 Å². The second-order valence-corrected chi connectivity index (χ2v) is 11.8. The average Bonchev–Trinajstić information content (AvgIpc) is 3.80. The SMILES string of the molecule is CCCN1C(=O)C2OC3C(=O)N(C)C(=O)C3C2C1=O.CCc1cccc(CN2C(=O)C3OC4C(=O)N(C)C(=O)C4C3C2=O)c1. The molecule has 1 aromatic carbocycles. The molecule has 8 amide bonds. The molecular formula is C30H32N4O10. The smallest absolute Gasteiger partial charge is 0.259 e. The van der Waals surface area contributed by atoms with E-state index in [1.165, 1.54) is 14.1 Å². The van der Waals surface area contributed by atoms with E-state index in [2.05, 4.69) is 0 Å². The molecular weight excluding hydrogens is 576 g/mol. The first-order valence-corrected chi connectivity index (χ1v) is 14.6. The third kappa shape index (κ3) is 4.14. The van der Waals surface area contributed by atoms with Crippen LogP contribution in [0.4, 0.5) is 0 Å². The molecule has 6 saturated heterocycles. The van der Waals surface area contributed by atoms with Gasteiger partial charge in [-0.05, 0) is 24.0 Å². The molecule has 0 saturated carbocycles. The van der Waals surface area contributed by atoms with Crippen LogP contribution < -0.4 is 0 Å². The van der Waals surface area contributed by atoms with Crippen LogP contribution in [0, 0.1) is 23.7 Å². The fourth-order valence-corrected chi connectivity index (χ4v) is 7.05. The molecule has 6 fully saturated rings. The van der Waals surface area contributed by atoms with Gasteiger partial charge in [-0.3, -0.25) is 58.0 Å². The van der Waals surface area contributed by atoms with Crippen molar-refractivity contribution in [3.63, 3.8) is 0 Å². The number of aryl methyl sites for hydroxylation is 1.